The van der Waals surface area contributed by atoms with Crippen molar-refractivity contribution in [3.63, 3.8) is 0 Å². The number of carbonyl (C=O) groups is 1. The SMILES string of the molecule is CCCC1CCN(C(=O)/C=C/c2ccc(N)cc2)C1. The Morgan fingerprint density at radius 2 is 2.16 bits per heavy atom. The Hall–Kier alpha value is -1.77. The predicted molar refractivity (Wildman–Crippen MR) is 79.5 cm³/mol. The molecule has 1 fully saturated rings. The van der Waals surface area contributed by atoms with Crippen molar-refractivity contribution in [2.75, 3.05) is 18.8 Å². The zero-order valence-electron chi connectivity index (χ0n) is 11.5. The molecule has 19 heavy (non-hydrogen) atoms. The Morgan fingerprint density at radius 1 is 1.42 bits per heavy atom. The molecule has 0 spiro atoms. The summed E-state index contributed by atoms with van der Waals surface area (Å²) >= 11 is 0. The van der Waals surface area contributed by atoms with Crippen LogP contribution in [0, 0.1) is 5.92 Å². The van der Waals surface area contributed by atoms with Crippen molar-refractivity contribution < 1.29 is 4.79 Å². The monoisotopic (exact) mass is 258 g/mol. The summed E-state index contributed by atoms with van der Waals surface area (Å²) in [4.78, 5) is 14.0. The minimum absolute atomic E-state index is 0.121. The minimum Gasteiger partial charge on any atom is -0.399 e. The fourth-order valence-corrected chi connectivity index (χ4v) is 2.56. The number of nitrogens with zero attached hydrogens (tertiary/aromatic N) is 1. The van der Waals surface area contributed by atoms with Gasteiger partial charge in [0, 0.05) is 24.9 Å². The molecule has 3 heteroatoms. The van der Waals surface area contributed by atoms with Crippen LogP contribution < -0.4 is 5.73 Å². The van der Waals surface area contributed by atoms with Crippen LogP contribution in [0.2, 0.25) is 0 Å². The molecule has 2 N–H and O–H groups in total. The number of hydrogen-bond donors (Lipinski definition) is 1. The molecule has 0 bridgehead atoms. The molecule has 1 aliphatic rings. The summed E-state index contributed by atoms with van der Waals surface area (Å²) in [5.41, 5.74) is 7.37. The van der Waals surface area contributed by atoms with Crippen LogP contribution in [-0.2, 0) is 4.79 Å². The normalized spacial score (nSPS) is 19.2. The zero-order valence-corrected chi connectivity index (χ0v) is 11.5. The second-order valence-electron chi connectivity index (χ2n) is 5.23. The van der Waals surface area contributed by atoms with E-state index in [9.17, 15) is 4.79 Å². The van der Waals surface area contributed by atoms with Gasteiger partial charge in [0.1, 0.15) is 0 Å². The van der Waals surface area contributed by atoms with Crippen molar-refractivity contribution in [3.05, 3.63) is 35.9 Å². The summed E-state index contributed by atoms with van der Waals surface area (Å²) in [5.74, 6) is 0.814. The molecule has 1 unspecified atom stereocenters. The van der Waals surface area contributed by atoms with Crippen molar-refractivity contribution in [3.8, 4) is 0 Å². The number of carbonyl (C=O) groups excluding carboxylic acids is 1. The first-order valence-electron chi connectivity index (χ1n) is 7.01. The van der Waals surface area contributed by atoms with E-state index >= 15 is 0 Å². The number of likely N-dealkylation sites (tertiary alicyclic amines) is 1. The molecule has 2 rings (SSSR count). The lowest BCUT2D eigenvalue weighted by molar-refractivity contribution is -0.125. The average molecular weight is 258 g/mol. The van der Waals surface area contributed by atoms with E-state index in [0.29, 0.717) is 5.92 Å². The molecular weight excluding hydrogens is 236 g/mol. The Morgan fingerprint density at radius 3 is 2.84 bits per heavy atom. The van der Waals surface area contributed by atoms with Gasteiger partial charge in [-0.15, -0.1) is 0 Å². The first kappa shape index (κ1) is 13.7. The molecule has 0 radical (unpaired) electrons. The van der Waals surface area contributed by atoms with E-state index in [1.807, 2.05) is 35.2 Å². The molecule has 1 atom stereocenters. The Labute approximate surface area is 115 Å². The molecule has 102 valence electrons. The molecule has 0 saturated carbocycles. The van der Waals surface area contributed by atoms with Gasteiger partial charge in [-0.25, -0.2) is 0 Å². The highest BCUT2D eigenvalue weighted by molar-refractivity contribution is 5.92. The maximum absolute atomic E-state index is 12.0. The van der Waals surface area contributed by atoms with Crippen molar-refractivity contribution in [2.24, 2.45) is 5.92 Å². The quantitative estimate of drug-likeness (QED) is 0.666. The first-order valence-corrected chi connectivity index (χ1v) is 7.01. The fourth-order valence-electron chi connectivity index (χ4n) is 2.56. The summed E-state index contributed by atoms with van der Waals surface area (Å²) in [6.45, 7) is 4.01. The highest BCUT2D eigenvalue weighted by atomic mass is 16.2. The van der Waals surface area contributed by atoms with Crippen molar-refractivity contribution in [1.29, 1.82) is 0 Å². The molecule has 3 nitrogen and oxygen atoms in total. The number of amides is 1. The minimum atomic E-state index is 0.121. The van der Waals surface area contributed by atoms with Crippen LogP contribution in [0.1, 0.15) is 31.7 Å². The first-order chi connectivity index (χ1) is 9.19. The van der Waals surface area contributed by atoms with Gasteiger partial charge in [-0.2, -0.15) is 0 Å². The van der Waals surface area contributed by atoms with Gasteiger partial charge in [-0.1, -0.05) is 25.5 Å². The van der Waals surface area contributed by atoms with Crippen molar-refractivity contribution >= 4 is 17.7 Å². The fraction of sp³-hybridized carbons (Fsp3) is 0.438. The van der Waals surface area contributed by atoms with Crippen LogP contribution in [0.15, 0.2) is 30.3 Å². The summed E-state index contributed by atoms with van der Waals surface area (Å²) in [6, 6.07) is 7.53. The lowest BCUT2D eigenvalue weighted by atomic mass is 10.0. The number of hydrogen-bond acceptors (Lipinski definition) is 2. The zero-order chi connectivity index (χ0) is 13.7. The van der Waals surface area contributed by atoms with Crippen LogP contribution in [0.5, 0.6) is 0 Å². The molecular formula is C16H22N2O. The van der Waals surface area contributed by atoms with E-state index in [1.165, 1.54) is 12.8 Å². The Bertz CT molecular complexity index is 450. The number of nitrogens with two attached hydrogens (primary N) is 1. The highest BCUT2D eigenvalue weighted by Crippen LogP contribution is 2.21. The molecule has 1 heterocycles. The lowest BCUT2D eigenvalue weighted by Crippen LogP contribution is -2.26. The van der Waals surface area contributed by atoms with Gasteiger partial charge in [0.2, 0.25) is 5.91 Å². The number of rotatable bonds is 4. The van der Waals surface area contributed by atoms with Gasteiger partial charge in [0.15, 0.2) is 0 Å². The molecule has 1 aliphatic heterocycles. The Kier molecular flexibility index (Phi) is 4.61. The summed E-state index contributed by atoms with van der Waals surface area (Å²) in [5, 5.41) is 0. The summed E-state index contributed by atoms with van der Waals surface area (Å²) < 4.78 is 0. The van der Waals surface area contributed by atoms with Crippen LogP contribution in [-0.4, -0.2) is 23.9 Å². The van der Waals surface area contributed by atoms with Gasteiger partial charge in [-0.3, -0.25) is 4.79 Å². The molecule has 1 saturated heterocycles. The third-order valence-corrected chi connectivity index (χ3v) is 3.65. The molecule has 1 aromatic carbocycles. The summed E-state index contributed by atoms with van der Waals surface area (Å²) in [7, 11) is 0. The highest BCUT2D eigenvalue weighted by Gasteiger charge is 2.23. The molecule has 1 aromatic rings. The van der Waals surface area contributed by atoms with Gasteiger partial charge in [-0.05, 0) is 42.5 Å². The lowest BCUT2D eigenvalue weighted by Gasteiger charge is -2.13. The molecule has 0 aromatic heterocycles. The van der Waals surface area contributed by atoms with Gasteiger partial charge in [0.05, 0.1) is 0 Å². The third-order valence-electron chi connectivity index (χ3n) is 3.65. The van der Waals surface area contributed by atoms with Crippen LogP contribution in [0.25, 0.3) is 6.08 Å². The van der Waals surface area contributed by atoms with Crippen LogP contribution >= 0.6 is 0 Å². The number of nitrogen functional groups attached to an aromatic ring is 1. The van der Waals surface area contributed by atoms with Crippen molar-refractivity contribution in [1.82, 2.24) is 4.90 Å². The van der Waals surface area contributed by atoms with Crippen molar-refractivity contribution in [2.45, 2.75) is 26.2 Å². The molecule has 1 amide bonds. The van der Waals surface area contributed by atoms with Crippen LogP contribution in [0.3, 0.4) is 0 Å². The standard InChI is InChI=1S/C16H22N2O/c1-2-3-14-10-11-18(12-14)16(19)9-6-13-4-7-15(17)8-5-13/h4-9,14H,2-3,10-12,17H2,1H3/b9-6+. The second kappa shape index (κ2) is 6.41. The predicted octanol–water partition coefficient (Wildman–Crippen LogP) is 2.93. The largest absolute Gasteiger partial charge is 0.399 e. The van der Waals surface area contributed by atoms with E-state index < -0.39 is 0 Å². The maximum Gasteiger partial charge on any atom is 0.246 e. The van der Waals surface area contributed by atoms with E-state index in [4.69, 9.17) is 5.73 Å². The smallest absolute Gasteiger partial charge is 0.246 e. The topological polar surface area (TPSA) is 46.3 Å². The number of benzene rings is 1. The van der Waals surface area contributed by atoms with E-state index in [-0.39, 0.29) is 5.91 Å². The van der Waals surface area contributed by atoms with Crippen LogP contribution in [0.4, 0.5) is 5.69 Å². The van der Waals surface area contributed by atoms with E-state index in [1.54, 1.807) is 6.08 Å². The van der Waals surface area contributed by atoms with E-state index in [2.05, 4.69) is 6.92 Å². The van der Waals surface area contributed by atoms with Gasteiger partial charge < -0.3 is 10.6 Å². The maximum atomic E-state index is 12.0. The molecule has 0 aliphatic carbocycles. The van der Waals surface area contributed by atoms with Gasteiger partial charge >= 0.3 is 0 Å². The van der Waals surface area contributed by atoms with Gasteiger partial charge in [0.25, 0.3) is 0 Å². The second-order valence-corrected chi connectivity index (χ2v) is 5.23. The number of anilines is 1. The average Bonchev–Trinajstić information content (AvgIpc) is 2.87. The van der Waals surface area contributed by atoms with E-state index in [0.717, 1.165) is 30.8 Å². The summed E-state index contributed by atoms with van der Waals surface area (Å²) in [6.07, 6.45) is 7.10. The Balaban J connectivity index is 1.89. The third kappa shape index (κ3) is 3.85.